The van der Waals surface area contributed by atoms with Gasteiger partial charge in [-0.15, -0.1) is 0 Å². The van der Waals surface area contributed by atoms with Crippen LogP contribution in [0.15, 0.2) is 59.5 Å². The summed E-state index contributed by atoms with van der Waals surface area (Å²) in [5, 5.41) is 13.5. The fourth-order valence-electron chi connectivity index (χ4n) is 3.97. The number of aromatic amines is 1. The van der Waals surface area contributed by atoms with Gasteiger partial charge in [0.05, 0.1) is 23.1 Å². The van der Waals surface area contributed by atoms with Crippen LogP contribution in [0.5, 0.6) is 0 Å². The summed E-state index contributed by atoms with van der Waals surface area (Å²) in [6.07, 6.45) is 7.29. The fraction of sp³-hybridized carbons (Fsp3) is 0.269. The number of urea groups is 1. The number of allylic oxidation sites excluding steroid dienone is 2. The van der Waals surface area contributed by atoms with E-state index in [1.54, 1.807) is 26.4 Å². The molecule has 3 amide bonds. The highest BCUT2D eigenvalue weighted by Gasteiger charge is 2.17. The van der Waals surface area contributed by atoms with Crippen molar-refractivity contribution in [1.29, 1.82) is 0 Å². The van der Waals surface area contributed by atoms with Crippen molar-refractivity contribution < 1.29 is 9.59 Å². The van der Waals surface area contributed by atoms with E-state index in [9.17, 15) is 9.59 Å². The summed E-state index contributed by atoms with van der Waals surface area (Å²) in [7, 11) is 3.31. The van der Waals surface area contributed by atoms with Crippen molar-refractivity contribution >= 4 is 46.6 Å². The molecule has 1 saturated heterocycles. The van der Waals surface area contributed by atoms with Crippen molar-refractivity contribution in [2.45, 2.75) is 19.8 Å². The molecule has 2 aromatic heterocycles. The molecule has 0 bridgehead atoms. The molecule has 0 unspecified atom stereocenters. The lowest BCUT2D eigenvalue weighted by molar-refractivity contribution is 0.102. The molecule has 3 aromatic rings. The van der Waals surface area contributed by atoms with Gasteiger partial charge in [0.1, 0.15) is 5.82 Å². The van der Waals surface area contributed by atoms with Gasteiger partial charge >= 0.3 is 6.03 Å². The Morgan fingerprint density at radius 1 is 1.19 bits per heavy atom. The number of aromatic nitrogens is 3. The van der Waals surface area contributed by atoms with Crippen LogP contribution in [0.25, 0.3) is 16.5 Å². The highest BCUT2D eigenvalue weighted by atomic mass is 16.2. The van der Waals surface area contributed by atoms with Crippen molar-refractivity contribution in [2.75, 3.05) is 37.4 Å². The quantitative estimate of drug-likeness (QED) is 0.344. The van der Waals surface area contributed by atoms with Gasteiger partial charge in [-0.2, -0.15) is 5.10 Å². The normalized spacial score (nSPS) is 14.1. The number of hydrogen-bond acceptors (Lipinski definition) is 6. The Labute approximate surface area is 209 Å². The first-order valence-electron chi connectivity index (χ1n) is 11.7. The van der Waals surface area contributed by atoms with Crippen molar-refractivity contribution in [3.63, 3.8) is 0 Å². The third-order valence-corrected chi connectivity index (χ3v) is 5.93. The van der Waals surface area contributed by atoms with Gasteiger partial charge in [0, 0.05) is 38.8 Å². The van der Waals surface area contributed by atoms with Gasteiger partial charge in [-0.3, -0.25) is 14.9 Å². The largest absolute Gasteiger partial charge is 0.357 e. The maximum absolute atomic E-state index is 13.0. The zero-order valence-electron chi connectivity index (χ0n) is 20.7. The second-order valence-electron chi connectivity index (χ2n) is 8.80. The van der Waals surface area contributed by atoms with Crippen molar-refractivity contribution in [3.8, 4) is 0 Å². The summed E-state index contributed by atoms with van der Waals surface area (Å²) >= 11 is 0. The van der Waals surface area contributed by atoms with Gasteiger partial charge in [-0.25, -0.2) is 9.78 Å². The Morgan fingerprint density at radius 3 is 2.64 bits per heavy atom. The lowest BCUT2D eigenvalue weighted by Gasteiger charge is -2.16. The van der Waals surface area contributed by atoms with Crippen LogP contribution in [0.4, 0.5) is 16.3 Å². The molecule has 0 aliphatic carbocycles. The first-order valence-corrected chi connectivity index (χ1v) is 11.7. The van der Waals surface area contributed by atoms with Crippen molar-refractivity contribution in [2.24, 2.45) is 4.99 Å². The summed E-state index contributed by atoms with van der Waals surface area (Å²) in [5.41, 5.74) is 3.85. The molecule has 36 heavy (non-hydrogen) atoms. The number of rotatable bonds is 7. The molecule has 0 saturated carbocycles. The molecule has 1 aliphatic heterocycles. The molecule has 10 heteroatoms. The van der Waals surface area contributed by atoms with Crippen LogP contribution in [0.3, 0.4) is 0 Å². The molecular formula is C26H30N8O2. The van der Waals surface area contributed by atoms with Gasteiger partial charge in [-0.1, -0.05) is 6.07 Å². The number of amides is 3. The van der Waals surface area contributed by atoms with Crippen LogP contribution in [-0.2, 0) is 0 Å². The molecule has 0 radical (unpaired) electrons. The van der Waals surface area contributed by atoms with E-state index >= 15 is 0 Å². The topological polar surface area (TPSA) is 119 Å². The van der Waals surface area contributed by atoms with E-state index < -0.39 is 0 Å². The fourth-order valence-corrected chi connectivity index (χ4v) is 3.97. The van der Waals surface area contributed by atoms with Crippen molar-refractivity contribution in [1.82, 2.24) is 25.4 Å². The van der Waals surface area contributed by atoms with E-state index in [4.69, 9.17) is 0 Å². The minimum atomic E-state index is -0.328. The highest BCUT2D eigenvalue weighted by molar-refractivity contribution is 6.11. The average Bonchev–Trinajstić information content (AvgIpc) is 3.54. The van der Waals surface area contributed by atoms with Crippen molar-refractivity contribution in [3.05, 3.63) is 65.8 Å². The zero-order chi connectivity index (χ0) is 25.7. The van der Waals surface area contributed by atoms with Gasteiger partial charge in [0.25, 0.3) is 5.91 Å². The minimum absolute atomic E-state index is 0.277. The number of H-pyrrole nitrogens is 1. The number of carbonyl (C=O) groups excluding carboxylic acids is 2. The number of aliphatic imine (C=N–C) groups is 1. The number of carbonyl (C=O) groups is 2. The maximum Gasteiger partial charge on any atom is 0.321 e. The molecule has 0 atom stereocenters. The van der Waals surface area contributed by atoms with Gasteiger partial charge in [0.2, 0.25) is 0 Å². The average molecular weight is 487 g/mol. The maximum atomic E-state index is 13.0. The van der Waals surface area contributed by atoms with E-state index in [-0.39, 0.29) is 17.6 Å². The summed E-state index contributed by atoms with van der Waals surface area (Å²) in [6.45, 7) is 7.41. The molecule has 1 aromatic carbocycles. The summed E-state index contributed by atoms with van der Waals surface area (Å²) in [4.78, 5) is 37.0. The molecular weight excluding hydrogens is 456 g/mol. The number of pyridine rings is 1. The third kappa shape index (κ3) is 5.60. The minimum Gasteiger partial charge on any atom is -0.357 e. The first-order chi connectivity index (χ1) is 17.4. The highest BCUT2D eigenvalue weighted by Crippen LogP contribution is 2.24. The van der Waals surface area contributed by atoms with Gasteiger partial charge in [-0.05, 0) is 68.0 Å². The Kier molecular flexibility index (Phi) is 7.43. The molecule has 0 spiro atoms. The Hall–Kier alpha value is -4.47. The predicted octanol–water partition coefficient (Wildman–Crippen LogP) is 4.03. The molecule has 4 rings (SSSR count). The van der Waals surface area contributed by atoms with E-state index in [0.717, 1.165) is 35.6 Å². The second kappa shape index (κ2) is 10.9. The number of anilines is 2. The molecule has 3 N–H and O–H groups in total. The van der Waals surface area contributed by atoms with Crippen LogP contribution in [-0.4, -0.2) is 65.9 Å². The SMILES string of the molecule is C=N/C=C(\C=C(/C)c1ccc2[nH]nc(C(=O)Nc3ccc(N4CCCC4)nc3)c2c1)NC(=O)N(C)C. The third-order valence-electron chi connectivity index (χ3n) is 5.93. The number of benzene rings is 1. The Bertz CT molecular complexity index is 1330. The molecule has 1 fully saturated rings. The lowest BCUT2D eigenvalue weighted by Crippen LogP contribution is -2.33. The Morgan fingerprint density at radius 2 is 1.97 bits per heavy atom. The Balaban J connectivity index is 1.54. The van der Waals surface area contributed by atoms with Crippen LogP contribution >= 0.6 is 0 Å². The predicted molar refractivity (Wildman–Crippen MR) is 143 cm³/mol. The van der Waals surface area contributed by atoms with Gasteiger partial charge in [0.15, 0.2) is 5.69 Å². The van der Waals surface area contributed by atoms with Gasteiger partial charge < -0.3 is 20.4 Å². The standard InChI is InChI=1S/C26H30N8O2/c1-17(13-20(15-27-2)30-26(36)33(3)4)18-7-9-22-21(14-18)24(32-31-22)25(35)29-19-8-10-23(28-16-19)34-11-5-6-12-34/h7-10,13-16H,2,5-6,11-12H2,1,3-4H3,(H,29,35)(H,30,36)(H,31,32)/b17-13+,20-15+. The zero-order valence-corrected chi connectivity index (χ0v) is 20.7. The van der Waals surface area contributed by atoms with Crippen LogP contribution < -0.4 is 15.5 Å². The van der Waals surface area contributed by atoms with E-state index in [1.807, 2.05) is 37.3 Å². The van der Waals surface area contributed by atoms with E-state index in [2.05, 4.69) is 42.4 Å². The monoisotopic (exact) mass is 486 g/mol. The number of fused-ring (bicyclic) bond motifs is 1. The van der Waals surface area contributed by atoms with E-state index in [0.29, 0.717) is 16.8 Å². The molecule has 1 aliphatic rings. The first kappa shape index (κ1) is 24.6. The smallest absolute Gasteiger partial charge is 0.321 e. The van der Waals surface area contributed by atoms with Crippen LogP contribution in [0, 0.1) is 0 Å². The lowest BCUT2D eigenvalue weighted by atomic mass is 10.0. The summed E-state index contributed by atoms with van der Waals surface area (Å²) in [6, 6.07) is 9.18. The number of nitrogens with zero attached hydrogens (tertiary/aromatic N) is 5. The van der Waals surface area contributed by atoms with E-state index in [1.165, 1.54) is 23.9 Å². The number of nitrogens with one attached hydrogen (secondary N) is 3. The van der Waals surface area contributed by atoms with Crippen LogP contribution in [0.2, 0.25) is 0 Å². The molecule has 10 nitrogen and oxygen atoms in total. The number of hydrogen-bond donors (Lipinski definition) is 3. The second-order valence-corrected chi connectivity index (χ2v) is 8.80. The van der Waals surface area contributed by atoms with Crippen LogP contribution in [0.1, 0.15) is 35.8 Å². The molecule has 3 heterocycles. The summed E-state index contributed by atoms with van der Waals surface area (Å²) in [5.74, 6) is 0.593. The molecule has 186 valence electrons. The summed E-state index contributed by atoms with van der Waals surface area (Å²) < 4.78 is 0.